The van der Waals surface area contributed by atoms with Gasteiger partial charge in [-0.2, -0.15) is 18.2 Å². The van der Waals surface area contributed by atoms with Gasteiger partial charge in [0.15, 0.2) is 0 Å². The number of anilines is 3. The molecule has 1 atom stereocenters. The van der Waals surface area contributed by atoms with Crippen LogP contribution in [0.3, 0.4) is 0 Å². The predicted molar refractivity (Wildman–Crippen MR) is 108 cm³/mol. The van der Waals surface area contributed by atoms with E-state index in [9.17, 15) is 13.2 Å². The summed E-state index contributed by atoms with van der Waals surface area (Å²) in [5.74, 6) is 0.716. The lowest BCUT2D eigenvalue weighted by atomic mass is 10.2. The summed E-state index contributed by atoms with van der Waals surface area (Å²) >= 11 is 5.70. The van der Waals surface area contributed by atoms with Gasteiger partial charge in [-0.1, -0.05) is 18.5 Å². The smallest absolute Gasteiger partial charge is 0.352 e. The molecule has 0 bridgehead atoms. The molecule has 0 fully saturated rings. The zero-order chi connectivity index (χ0) is 21.0. The van der Waals surface area contributed by atoms with Crippen LogP contribution in [0.4, 0.5) is 30.6 Å². The second-order valence-electron chi connectivity index (χ2n) is 6.47. The third-order valence-corrected chi connectivity index (χ3v) is 4.55. The maximum atomic E-state index is 13.1. The summed E-state index contributed by atoms with van der Waals surface area (Å²) < 4.78 is 39.4. The van der Waals surface area contributed by atoms with Crippen molar-refractivity contribution in [2.75, 3.05) is 10.6 Å². The molecule has 0 radical (unpaired) electrons. The Balaban J connectivity index is 1.99. The van der Waals surface area contributed by atoms with Gasteiger partial charge in [0.2, 0.25) is 5.95 Å². The van der Waals surface area contributed by atoms with E-state index in [2.05, 4.69) is 25.6 Å². The van der Waals surface area contributed by atoms with Crippen LogP contribution in [0.25, 0.3) is 11.3 Å². The van der Waals surface area contributed by atoms with Gasteiger partial charge in [-0.3, -0.25) is 4.98 Å². The van der Waals surface area contributed by atoms with Crippen LogP contribution >= 0.6 is 11.6 Å². The van der Waals surface area contributed by atoms with Crippen LogP contribution < -0.4 is 10.6 Å². The second-order valence-corrected chi connectivity index (χ2v) is 6.88. The number of halogens is 4. The van der Waals surface area contributed by atoms with E-state index in [1.165, 1.54) is 12.1 Å². The van der Waals surface area contributed by atoms with Crippen molar-refractivity contribution in [3.05, 3.63) is 59.4 Å². The fourth-order valence-electron chi connectivity index (χ4n) is 2.53. The van der Waals surface area contributed by atoms with Crippen molar-refractivity contribution >= 4 is 29.1 Å². The molecule has 0 aliphatic heterocycles. The second kappa shape index (κ2) is 8.65. The van der Waals surface area contributed by atoms with Gasteiger partial charge in [0, 0.05) is 35.8 Å². The van der Waals surface area contributed by atoms with Gasteiger partial charge in [-0.15, -0.1) is 0 Å². The molecule has 0 saturated heterocycles. The third kappa shape index (κ3) is 5.35. The predicted octanol–water partition coefficient (Wildman–Crippen LogP) is 6.16. The van der Waals surface area contributed by atoms with Gasteiger partial charge in [0.05, 0.1) is 16.3 Å². The molecule has 2 heterocycles. The van der Waals surface area contributed by atoms with E-state index < -0.39 is 11.7 Å². The van der Waals surface area contributed by atoms with E-state index in [0.717, 1.165) is 18.1 Å². The van der Waals surface area contributed by atoms with Crippen LogP contribution in [0.15, 0.2) is 48.8 Å². The topological polar surface area (TPSA) is 62.7 Å². The van der Waals surface area contributed by atoms with Gasteiger partial charge >= 0.3 is 6.18 Å². The molecule has 0 saturated carbocycles. The Bertz CT molecular complexity index is 980. The number of hydrogen-bond donors (Lipinski definition) is 2. The molecule has 2 N–H and O–H groups in total. The lowest BCUT2D eigenvalue weighted by molar-refractivity contribution is -0.137. The molecule has 2 aromatic heterocycles. The van der Waals surface area contributed by atoms with Crippen molar-refractivity contribution in [2.24, 2.45) is 0 Å². The number of pyridine rings is 1. The molecule has 152 valence electrons. The molecule has 0 aliphatic rings. The Morgan fingerprint density at radius 3 is 2.59 bits per heavy atom. The number of nitrogens with one attached hydrogen (secondary N) is 2. The number of rotatable bonds is 6. The fraction of sp³-hybridized carbons (Fsp3) is 0.250. The summed E-state index contributed by atoms with van der Waals surface area (Å²) in [5.41, 5.74) is 0.652. The lowest BCUT2D eigenvalue weighted by Crippen LogP contribution is -2.16. The van der Waals surface area contributed by atoms with Crippen molar-refractivity contribution < 1.29 is 13.2 Å². The van der Waals surface area contributed by atoms with Crippen LogP contribution in [0, 0.1) is 0 Å². The highest BCUT2D eigenvalue weighted by Crippen LogP contribution is 2.36. The zero-order valence-electron chi connectivity index (χ0n) is 15.8. The Labute approximate surface area is 171 Å². The zero-order valence-corrected chi connectivity index (χ0v) is 16.5. The van der Waals surface area contributed by atoms with Crippen LogP contribution in [-0.2, 0) is 6.18 Å². The molecule has 9 heteroatoms. The SMILES string of the molecule is CC[C@@H](C)Nc1nc(Nc2ccc(Cl)c(C(F)(F)F)c2)cc(-c2cccnc2)n1. The summed E-state index contributed by atoms with van der Waals surface area (Å²) in [6.45, 7) is 4.01. The first-order valence-corrected chi connectivity index (χ1v) is 9.34. The Hall–Kier alpha value is -2.87. The first-order valence-electron chi connectivity index (χ1n) is 8.96. The molecular weight excluding hydrogens is 403 g/mol. The molecule has 29 heavy (non-hydrogen) atoms. The average Bonchev–Trinajstić information content (AvgIpc) is 2.69. The monoisotopic (exact) mass is 421 g/mol. The molecule has 3 rings (SSSR count). The highest BCUT2D eigenvalue weighted by atomic mass is 35.5. The summed E-state index contributed by atoms with van der Waals surface area (Å²) in [5, 5.41) is 5.74. The Morgan fingerprint density at radius 2 is 1.93 bits per heavy atom. The van der Waals surface area contributed by atoms with Crippen molar-refractivity contribution in [1.82, 2.24) is 15.0 Å². The summed E-state index contributed by atoms with van der Waals surface area (Å²) in [7, 11) is 0. The number of aromatic nitrogens is 3. The van der Waals surface area contributed by atoms with E-state index in [1.807, 2.05) is 19.9 Å². The van der Waals surface area contributed by atoms with Crippen LogP contribution in [0.1, 0.15) is 25.8 Å². The number of benzene rings is 1. The number of hydrogen-bond acceptors (Lipinski definition) is 5. The summed E-state index contributed by atoms with van der Waals surface area (Å²) in [4.78, 5) is 13.0. The summed E-state index contributed by atoms with van der Waals surface area (Å²) in [6.07, 6.45) is -0.391. The average molecular weight is 422 g/mol. The molecule has 0 unspecified atom stereocenters. The molecule has 3 aromatic rings. The first kappa shape index (κ1) is 20.9. The molecular formula is C20H19ClF3N5. The van der Waals surface area contributed by atoms with Crippen molar-refractivity contribution in [3.8, 4) is 11.3 Å². The van der Waals surface area contributed by atoms with Gasteiger partial charge < -0.3 is 10.6 Å². The highest BCUT2D eigenvalue weighted by molar-refractivity contribution is 6.31. The van der Waals surface area contributed by atoms with Crippen molar-refractivity contribution in [3.63, 3.8) is 0 Å². The minimum Gasteiger partial charge on any atom is -0.352 e. The van der Waals surface area contributed by atoms with Gasteiger partial charge in [-0.05, 0) is 43.7 Å². The Morgan fingerprint density at radius 1 is 1.14 bits per heavy atom. The standard InChI is InChI=1S/C20H19ClF3N5/c1-3-12(2)26-19-28-17(13-5-4-8-25-11-13)10-18(29-19)27-14-6-7-16(21)15(9-14)20(22,23)24/h4-12H,3H2,1-2H3,(H2,26,27,28,29)/t12-/m1/s1. The van der Waals surface area contributed by atoms with E-state index >= 15 is 0 Å². The largest absolute Gasteiger partial charge is 0.417 e. The number of nitrogens with zero attached hydrogens (tertiary/aromatic N) is 3. The van der Waals surface area contributed by atoms with Gasteiger partial charge in [-0.25, -0.2) is 4.98 Å². The Kier molecular flexibility index (Phi) is 6.22. The summed E-state index contributed by atoms with van der Waals surface area (Å²) in [6, 6.07) is 9.02. The molecule has 0 aliphatic carbocycles. The molecule has 1 aromatic carbocycles. The van der Waals surface area contributed by atoms with Gasteiger partial charge in [0.1, 0.15) is 5.82 Å². The van der Waals surface area contributed by atoms with Crippen molar-refractivity contribution in [2.45, 2.75) is 32.5 Å². The number of alkyl halides is 3. The maximum absolute atomic E-state index is 13.1. The maximum Gasteiger partial charge on any atom is 0.417 e. The highest BCUT2D eigenvalue weighted by Gasteiger charge is 2.33. The molecule has 5 nitrogen and oxygen atoms in total. The lowest BCUT2D eigenvalue weighted by Gasteiger charge is -2.15. The van der Waals surface area contributed by atoms with Gasteiger partial charge in [0.25, 0.3) is 0 Å². The van der Waals surface area contributed by atoms with E-state index in [4.69, 9.17) is 11.6 Å². The van der Waals surface area contributed by atoms with Crippen LogP contribution in [-0.4, -0.2) is 21.0 Å². The fourth-order valence-corrected chi connectivity index (χ4v) is 2.75. The van der Waals surface area contributed by atoms with Crippen LogP contribution in [0.2, 0.25) is 5.02 Å². The molecule has 0 spiro atoms. The minimum atomic E-state index is -4.55. The quantitative estimate of drug-likeness (QED) is 0.498. The van der Waals surface area contributed by atoms with E-state index in [0.29, 0.717) is 17.5 Å². The van der Waals surface area contributed by atoms with E-state index in [-0.39, 0.29) is 16.8 Å². The van der Waals surface area contributed by atoms with E-state index in [1.54, 1.807) is 24.5 Å². The minimum absolute atomic E-state index is 0.124. The first-order chi connectivity index (χ1) is 13.8. The van der Waals surface area contributed by atoms with Crippen LogP contribution in [0.5, 0.6) is 0 Å². The van der Waals surface area contributed by atoms with Crippen molar-refractivity contribution in [1.29, 1.82) is 0 Å². The normalized spacial score (nSPS) is 12.5. The third-order valence-electron chi connectivity index (χ3n) is 4.22. The molecule has 0 amide bonds.